The average molecular weight is 319 g/mol. The van der Waals surface area contributed by atoms with Gasteiger partial charge in [-0.15, -0.1) is 0 Å². The zero-order chi connectivity index (χ0) is 16.2. The van der Waals surface area contributed by atoms with E-state index in [1.54, 1.807) is 32.0 Å². The maximum Gasteiger partial charge on any atom is 0.264 e. The van der Waals surface area contributed by atoms with Crippen LogP contribution in [0.3, 0.4) is 0 Å². The number of hydrogen-bond acceptors (Lipinski definition) is 6. The van der Waals surface area contributed by atoms with Crippen LogP contribution in [-0.2, 0) is 10.0 Å². The summed E-state index contributed by atoms with van der Waals surface area (Å²) in [6.07, 6.45) is 0. The van der Waals surface area contributed by atoms with E-state index in [1.165, 1.54) is 12.1 Å². The molecule has 0 aliphatic rings. The highest BCUT2D eigenvalue weighted by atomic mass is 32.2. The minimum atomic E-state index is -3.73. The number of azo groups is 1. The third-order valence-corrected chi connectivity index (χ3v) is 4.03. The van der Waals surface area contributed by atoms with Gasteiger partial charge in [-0.25, -0.2) is 23.1 Å². The molecule has 0 saturated carbocycles. The van der Waals surface area contributed by atoms with E-state index in [9.17, 15) is 8.42 Å². The van der Waals surface area contributed by atoms with Crippen LogP contribution in [-0.4, -0.2) is 24.9 Å². The molecule has 7 nitrogen and oxygen atoms in total. The molecule has 0 fully saturated rings. The molecule has 0 aliphatic heterocycles. The molecule has 0 saturated heterocycles. The van der Waals surface area contributed by atoms with Gasteiger partial charge in [-0.3, -0.25) is 0 Å². The number of benzene rings is 1. The van der Waals surface area contributed by atoms with Gasteiger partial charge in [0.05, 0.1) is 17.1 Å². The topological polar surface area (TPSA) is 96.7 Å². The summed E-state index contributed by atoms with van der Waals surface area (Å²) in [5, 5.41) is 7.80. The molecule has 0 amide bonds. The molecule has 1 N–H and O–H groups in total. The van der Waals surface area contributed by atoms with Gasteiger partial charge in [0.25, 0.3) is 10.0 Å². The van der Waals surface area contributed by atoms with Crippen molar-refractivity contribution in [3.8, 4) is 0 Å². The van der Waals surface area contributed by atoms with Crippen LogP contribution in [0.25, 0.3) is 0 Å². The standard InChI is InChI=1S/C14H17N5O2S/c1-4-15-18-12-5-7-13(8-6-12)22(20,21)19-14-16-10(2)9-11(3)17-14/h5-9H,4H2,1-3H3,(H,16,17,19)/b18-15+. The largest absolute Gasteiger partial charge is 0.264 e. The quantitative estimate of drug-likeness (QED) is 0.857. The second kappa shape index (κ2) is 6.61. The van der Waals surface area contributed by atoms with Gasteiger partial charge in [0, 0.05) is 11.4 Å². The van der Waals surface area contributed by atoms with Gasteiger partial charge in [-0.2, -0.15) is 10.2 Å². The first-order chi connectivity index (χ1) is 10.4. The lowest BCUT2D eigenvalue weighted by Gasteiger charge is -2.08. The Balaban J connectivity index is 2.24. The second-order valence-electron chi connectivity index (χ2n) is 4.63. The number of anilines is 1. The molecule has 1 aromatic carbocycles. The average Bonchev–Trinajstić information content (AvgIpc) is 2.44. The minimum Gasteiger partial charge on any atom is -0.247 e. The van der Waals surface area contributed by atoms with E-state index in [0.717, 1.165) is 0 Å². The van der Waals surface area contributed by atoms with Gasteiger partial charge >= 0.3 is 0 Å². The van der Waals surface area contributed by atoms with Crippen LogP contribution < -0.4 is 4.72 Å². The van der Waals surface area contributed by atoms with Crippen LogP contribution in [0, 0.1) is 13.8 Å². The molecule has 8 heteroatoms. The highest BCUT2D eigenvalue weighted by molar-refractivity contribution is 7.92. The van der Waals surface area contributed by atoms with Crippen molar-refractivity contribution in [2.75, 3.05) is 11.3 Å². The molecule has 0 aliphatic carbocycles. The van der Waals surface area contributed by atoms with Gasteiger partial charge in [0.1, 0.15) is 0 Å². The number of sulfonamides is 1. The van der Waals surface area contributed by atoms with E-state index in [-0.39, 0.29) is 10.8 Å². The van der Waals surface area contributed by atoms with Gasteiger partial charge in [0.2, 0.25) is 5.95 Å². The molecule has 2 rings (SSSR count). The highest BCUT2D eigenvalue weighted by Crippen LogP contribution is 2.18. The Labute approximate surface area is 129 Å². The lowest BCUT2D eigenvalue weighted by Crippen LogP contribution is -2.15. The first-order valence-corrected chi connectivity index (χ1v) is 8.21. The number of aryl methyl sites for hydroxylation is 2. The van der Waals surface area contributed by atoms with E-state index in [0.29, 0.717) is 23.6 Å². The lowest BCUT2D eigenvalue weighted by molar-refractivity contribution is 0.601. The summed E-state index contributed by atoms with van der Waals surface area (Å²) in [4.78, 5) is 8.25. The van der Waals surface area contributed by atoms with Crippen molar-refractivity contribution in [2.45, 2.75) is 25.7 Å². The Kier molecular flexibility index (Phi) is 4.81. The maximum atomic E-state index is 12.3. The molecule has 0 radical (unpaired) electrons. The van der Waals surface area contributed by atoms with Crippen LogP contribution in [0.2, 0.25) is 0 Å². The van der Waals surface area contributed by atoms with Crippen LogP contribution in [0.4, 0.5) is 11.6 Å². The van der Waals surface area contributed by atoms with Gasteiger partial charge in [0.15, 0.2) is 0 Å². The zero-order valence-corrected chi connectivity index (χ0v) is 13.4. The number of hydrogen-bond donors (Lipinski definition) is 1. The van der Waals surface area contributed by atoms with Crippen molar-refractivity contribution in [3.05, 3.63) is 41.7 Å². The lowest BCUT2D eigenvalue weighted by atomic mass is 10.3. The normalized spacial score (nSPS) is 11.8. The summed E-state index contributed by atoms with van der Waals surface area (Å²) >= 11 is 0. The van der Waals surface area contributed by atoms with E-state index < -0.39 is 10.0 Å². The maximum absolute atomic E-state index is 12.3. The Morgan fingerprint density at radius 1 is 1.09 bits per heavy atom. The van der Waals surface area contributed by atoms with Crippen molar-refractivity contribution in [3.63, 3.8) is 0 Å². The van der Waals surface area contributed by atoms with Crippen molar-refractivity contribution in [1.29, 1.82) is 0 Å². The second-order valence-corrected chi connectivity index (χ2v) is 6.31. The summed E-state index contributed by atoms with van der Waals surface area (Å²) in [6.45, 7) is 6.00. The molecule has 0 unspecified atom stereocenters. The molecule has 1 heterocycles. The zero-order valence-electron chi connectivity index (χ0n) is 12.6. The Morgan fingerprint density at radius 3 is 2.23 bits per heavy atom. The molecule has 116 valence electrons. The number of nitrogens with one attached hydrogen (secondary N) is 1. The predicted molar refractivity (Wildman–Crippen MR) is 83.8 cm³/mol. The Bertz CT molecular complexity index is 765. The first kappa shape index (κ1) is 16.0. The van der Waals surface area contributed by atoms with E-state index in [2.05, 4.69) is 24.9 Å². The first-order valence-electron chi connectivity index (χ1n) is 6.73. The minimum absolute atomic E-state index is 0.0623. The number of aromatic nitrogens is 2. The van der Waals surface area contributed by atoms with Gasteiger partial charge in [-0.1, -0.05) is 0 Å². The Morgan fingerprint density at radius 2 is 1.68 bits per heavy atom. The van der Waals surface area contributed by atoms with Crippen LogP contribution in [0.1, 0.15) is 18.3 Å². The van der Waals surface area contributed by atoms with Crippen molar-refractivity contribution in [2.24, 2.45) is 10.2 Å². The van der Waals surface area contributed by atoms with E-state index >= 15 is 0 Å². The van der Waals surface area contributed by atoms with Crippen LogP contribution >= 0.6 is 0 Å². The summed E-state index contributed by atoms with van der Waals surface area (Å²) in [5.41, 5.74) is 1.99. The highest BCUT2D eigenvalue weighted by Gasteiger charge is 2.16. The molecule has 0 spiro atoms. The third-order valence-electron chi connectivity index (χ3n) is 2.68. The molecule has 0 atom stereocenters. The third kappa shape index (κ3) is 4.08. The number of nitrogens with zero attached hydrogens (tertiary/aromatic N) is 4. The molecular formula is C14H17N5O2S. The number of rotatable bonds is 5. The Hall–Kier alpha value is -2.35. The van der Waals surface area contributed by atoms with Gasteiger partial charge < -0.3 is 0 Å². The molecular weight excluding hydrogens is 302 g/mol. The molecule has 2 aromatic rings. The molecule has 1 aromatic heterocycles. The van der Waals surface area contributed by atoms with Crippen molar-refractivity contribution < 1.29 is 8.42 Å². The molecule has 0 bridgehead atoms. The van der Waals surface area contributed by atoms with Crippen molar-refractivity contribution >= 4 is 21.7 Å². The van der Waals surface area contributed by atoms with Gasteiger partial charge in [-0.05, 0) is 51.1 Å². The summed E-state index contributed by atoms with van der Waals surface area (Å²) < 4.78 is 27.0. The predicted octanol–water partition coefficient (Wildman–Crippen LogP) is 3.00. The fraction of sp³-hybridized carbons (Fsp3) is 0.286. The summed E-state index contributed by atoms with van der Waals surface area (Å²) in [7, 11) is -3.73. The summed E-state index contributed by atoms with van der Waals surface area (Å²) in [5.74, 6) is 0.0623. The monoisotopic (exact) mass is 319 g/mol. The van der Waals surface area contributed by atoms with E-state index in [1.807, 2.05) is 6.92 Å². The summed E-state index contributed by atoms with van der Waals surface area (Å²) in [6, 6.07) is 7.89. The fourth-order valence-electron chi connectivity index (χ4n) is 1.80. The SMILES string of the molecule is CC/N=N/c1ccc(S(=O)(=O)Nc2nc(C)cc(C)n2)cc1. The van der Waals surface area contributed by atoms with Crippen LogP contribution in [0.15, 0.2) is 45.5 Å². The van der Waals surface area contributed by atoms with Crippen molar-refractivity contribution in [1.82, 2.24) is 9.97 Å². The fourth-order valence-corrected chi connectivity index (χ4v) is 2.74. The van der Waals surface area contributed by atoms with E-state index in [4.69, 9.17) is 0 Å². The van der Waals surface area contributed by atoms with Crippen LogP contribution in [0.5, 0.6) is 0 Å². The molecule has 22 heavy (non-hydrogen) atoms. The smallest absolute Gasteiger partial charge is 0.247 e.